The van der Waals surface area contributed by atoms with Gasteiger partial charge in [0.2, 0.25) is 0 Å². The Balaban J connectivity index is 1.94. The molecule has 0 atom stereocenters. The molecule has 1 heterocycles. The Morgan fingerprint density at radius 2 is 1.94 bits per heavy atom. The van der Waals surface area contributed by atoms with Gasteiger partial charge in [0.25, 0.3) is 0 Å². The molecule has 0 aliphatic carbocycles. The first-order chi connectivity index (χ1) is 8.49. The summed E-state index contributed by atoms with van der Waals surface area (Å²) < 4.78 is 5.77. The lowest BCUT2D eigenvalue weighted by Gasteiger charge is -2.32. The largest absolute Gasteiger partial charge is 0.460 e. The van der Waals surface area contributed by atoms with Gasteiger partial charge in [0.15, 0.2) is 0 Å². The number of nitrogens with zero attached hydrogens (tertiary/aromatic N) is 1. The zero-order valence-corrected chi connectivity index (χ0v) is 11.7. The Bertz CT molecular complexity index is 481. The van der Waals surface area contributed by atoms with Gasteiger partial charge in [-0.15, -0.1) is 0 Å². The van der Waals surface area contributed by atoms with Crippen molar-refractivity contribution in [3.8, 4) is 0 Å². The summed E-state index contributed by atoms with van der Waals surface area (Å²) in [4.78, 5) is 2.22. The Hall–Kier alpha value is -1.32. The van der Waals surface area contributed by atoms with E-state index in [1.54, 1.807) is 0 Å². The first kappa shape index (κ1) is 13.1. The number of likely N-dealkylation sites (N-methyl/N-ethyl adjacent to an activating group) is 1. The van der Waals surface area contributed by atoms with Gasteiger partial charge in [-0.05, 0) is 40.1 Å². The first-order valence-electron chi connectivity index (χ1n) is 6.35. The highest BCUT2D eigenvalue weighted by atomic mass is 16.3. The van der Waals surface area contributed by atoms with E-state index < -0.39 is 0 Å². The van der Waals surface area contributed by atoms with Crippen molar-refractivity contribution in [3.05, 3.63) is 36.1 Å². The van der Waals surface area contributed by atoms with E-state index in [-0.39, 0.29) is 5.54 Å². The molecule has 1 aromatic carbocycles. The normalized spacial score (nSPS) is 12.5. The molecular weight excluding hydrogens is 224 g/mol. The molecule has 0 aliphatic heterocycles. The summed E-state index contributed by atoms with van der Waals surface area (Å²) in [7, 11) is 4.20. The summed E-state index contributed by atoms with van der Waals surface area (Å²) >= 11 is 0. The van der Waals surface area contributed by atoms with Gasteiger partial charge in [-0.3, -0.25) is 0 Å². The summed E-state index contributed by atoms with van der Waals surface area (Å²) in [6.45, 7) is 6.14. The molecule has 0 unspecified atom stereocenters. The molecule has 0 amide bonds. The maximum atomic E-state index is 5.77. The van der Waals surface area contributed by atoms with E-state index in [0.29, 0.717) is 0 Å². The minimum Gasteiger partial charge on any atom is -0.460 e. The van der Waals surface area contributed by atoms with Crippen LogP contribution in [0.3, 0.4) is 0 Å². The quantitative estimate of drug-likeness (QED) is 0.879. The summed E-state index contributed by atoms with van der Waals surface area (Å²) in [5.41, 5.74) is 1.10. The minimum absolute atomic E-state index is 0.145. The van der Waals surface area contributed by atoms with E-state index in [2.05, 4.69) is 50.3 Å². The van der Waals surface area contributed by atoms with E-state index in [0.717, 1.165) is 24.4 Å². The van der Waals surface area contributed by atoms with Gasteiger partial charge in [0.1, 0.15) is 11.3 Å². The molecule has 18 heavy (non-hydrogen) atoms. The van der Waals surface area contributed by atoms with Crippen LogP contribution in [-0.4, -0.2) is 31.1 Å². The molecule has 0 saturated heterocycles. The molecule has 3 heteroatoms. The first-order valence-corrected chi connectivity index (χ1v) is 6.35. The molecule has 0 spiro atoms. The topological polar surface area (TPSA) is 28.4 Å². The smallest absolute Gasteiger partial charge is 0.134 e. The fourth-order valence-electron chi connectivity index (χ4n) is 1.77. The molecule has 0 saturated carbocycles. The molecule has 2 rings (SSSR count). The standard InChI is InChI=1S/C15H22N2O/c1-15(2,17(3)4)11-16-10-13-9-12-7-5-6-8-14(12)18-13/h5-9,16H,10-11H2,1-4H3. The third-order valence-electron chi connectivity index (χ3n) is 3.54. The monoisotopic (exact) mass is 246 g/mol. The Labute approximate surface area is 109 Å². The Kier molecular flexibility index (Phi) is 3.73. The number of nitrogens with one attached hydrogen (secondary N) is 1. The van der Waals surface area contributed by atoms with Crippen LogP contribution in [-0.2, 0) is 6.54 Å². The summed E-state index contributed by atoms with van der Waals surface area (Å²) in [6.07, 6.45) is 0. The van der Waals surface area contributed by atoms with Gasteiger partial charge in [0, 0.05) is 17.5 Å². The van der Waals surface area contributed by atoms with Crippen molar-refractivity contribution in [1.82, 2.24) is 10.2 Å². The average Bonchev–Trinajstić information content (AvgIpc) is 2.70. The minimum atomic E-state index is 0.145. The third-order valence-corrected chi connectivity index (χ3v) is 3.54. The highest BCUT2D eigenvalue weighted by Gasteiger charge is 2.19. The predicted octanol–water partition coefficient (Wildman–Crippen LogP) is 2.86. The van der Waals surface area contributed by atoms with E-state index in [1.807, 2.05) is 18.2 Å². The van der Waals surface area contributed by atoms with Crippen molar-refractivity contribution < 1.29 is 4.42 Å². The SMILES string of the molecule is CN(C)C(C)(C)CNCc1cc2ccccc2o1. The molecule has 1 aromatic heterocycles. The van der Waals surface area contributed by atoms with Crippen molar-refractivity contribution in [3.63, 3.8) is 0 Å². The van der Waals surface area contributed by atoms with Gasteiger partial charge < -0.3 is 14.6 Å². The molecule has 0 fully saturated rings. The molecular formula is C15H22N2O. The number of rotatable bonds is 5. The lowest BCUT2D eigenvalue weighted by atomic mass is 10.0. The fourth-order valence-corrected chi connectivity index (χ4v) is 1.77. The molecule has 3 nitrogen and oxygen atoms in total. The summed E-state index contributed by atoms with van der Waals surface area (Å²) in [6, 6.07) is 10.2. The Morgan fingerprint density at radius 1 is 1.22 bits per heavy atom. The average molecular weight is 246 g/mol. The van der Waals surface area contributed by atoms with Gasteiger partial charge >= 0.3 is 0 Å². The van der Waals surface area contributed by atoms with E-state index in [9.17, 15) is 0 Å². The van der Waals surface area contributed by atoms with Crippen LogP contribution in [0.2, 0.25) is 0 Å². The molecule has 0 aliphatic rings. The molecule has 1 N–H and O–H groups in total. The number of para-hydroxylation sites is 1. The predicted molar refractivity (Wildman–Crippen MR) is 75.7 cm³/mol. The van der Waals surface area contributed by atoms with Crippen LogP contribution in [0, 0.1) is 0 Å². The zero-order chi connectivity index (χ0) is 13.2. The number of furan rings is 1. The van der Waals surface area contributed by atoms with Crippen LogP contribution in [0.4, 0.5) is 0 Å². The second-order valence-electron chi connectivity index (χ2n) is 5.56. The second kappa shape index (κ2) is 5.12. The summed E-state index contributed by atoms with van der Waals surface area (Å²) in [5.74, 6) is 0.991. The lowest BCUT2D eigenvalue weighted by Crippen LogP contribution is -2.46. The maximum Gasteiger partial charge on any atom is 0.134 e. The number of hydrogen-bond donors (Lipinski definition) is 1. The van der Waals surface area contributed by atoms with Gasteiger partial charge in [-0.1, -0.05) is 18.2 Å². The van der Waals surface area contributed by atoms with Crippen LogP contribution in [0.25, 0.3) is 11.0 Å². The molecule has 0 bridgehead atoms. The number of hydrogen-bond acceptors (Lipinski definition) is 3. The van der Waals surface area contributed by atoms with Crippen molar-refractivity contribution in [1.29, 1.82) is 0 Å². The van der Waals surface area contributed by atoms with E-state index in [4.69, 9.17) is 4.42 Å². The number of fused-ring (bicyclic) bond motifs is 1. The third kappa shape index (κ3) is 2.92. The highest BCUT2D eigenvalue weighted by molar-refractivity contribution is 5.77. The van der Waals surface area contributed by atoms with Gasteiger partial charge in [-0.2, -0.15) is 0 Å². The van der Waals surface area contributed by atoms with Crippen molar-refractivity contribution in [2.75, 3.05) is 20.6 Å². The van der Waals surface area contributed by atoms with Crippen LogP contribution < -0.4 is 5.32 Å². The van der Waals surface area contributed by atoms with Crippen molar-refractivity contribution in [2.24, 2.45) is 0 Å². The van der Waals surface area contributed by atoms with Crippen LogP contribution in [0.1, 0.15) is 19.6 Å². The zero-order valence-electron chi connectivity index (χ0n) is 11.7. The van der Waals surface area contributed by atoms with Gasteiger partial charge in [-0.25, -0.2) is 0 Å². The van der Waals surface area contributed by atoms with Crippen LogP contribution >= 0.6 is 0 Å². The highest BCUT2D eigenvalue weighted by Crippen LogP contribution is 2.18. The second-order valence-corrected chi connectivity index (χ2v) is 5.56. The van der Waals surface area contributed by atoms with Crippen molar-refractivity contribution in [2.45, 2.75) is 25.9 Å². The number of benzene rings is 1. The Morgan fingerprint density at radius 3 is 2.61 bits per heavy atom. The van der Waals surface area contributed by atoms with Crippen LogP contribution in [0.5, 0.6) is 0 Å². The fraction of sp³-hybridized carbons (Fsp3) is 0.467. The van der Waals surface area contributed by atoms with E-state index >= 15 is 0 Å². The van der Waals surface area contributed by atoms with E-state index in [1.165, 1.54) is 5.39 Å². The summed E-state index contributed by atoms with van der Waals surface area (Å²) in [5, 5.41) is 4.62. The van der Waals surface area contributed by atoms with Crippen molar-refractivity contribution >= 4 is 11.0 Å². The molecule has 2 aromatic rings. The van der Waals surface area contributed by atoms with Crippen LogP contribution in [0.15, 0.2) is 34.7 Å². The van der Waals surface area contributed by atoms with Gasteiger partial charge in [0.05, 0.1) is 6.54 Å². The lowest BCUT2D eigenvalue weighted by molar-refractivity contribution is 0.188. The molecule has 0 radical (unpaired) electrons. The molecule has 98 valence electrons. The maximum absolute atomic E-state index is 5.77.